The number of likely N-dealkylation sites (N-methyl/N-ethyl adjacent to an activating group) is 1. The van der Waals surface area contributed by atoms with Gasteiger partial charge in [0.05, 0.1) is 5.69 Å². The zero-order valence-corrected chi connectivity index (χ0v) is 12.3. The first kappa shape index (κ1) is 14.1. The summed E-state index contributed by atoms with van der Waals surface area (Å²) in [6, 6.07) is 1.54. The van der Waals surface area contributed by atoms with Crippen LogP contribution in [-0.2, 0) is 11.3 Å². The van der Waals surface area contributed by atoms with E-state index in [-0.39, 0.29) is 17.9 Å². The Hall–Kier alpha value is -1.89. The number of imide groups is 1. The zero-order chi connectivity index (χ0) is 15.0. The van der Waals surface area contributed by atoms with Crippen molar-refractivity contribution in [3.8, 4) is 0 Å². The van der Waals surface area contributed by atoms with Gasteiger partial charge in [0.2, 0.25) is 0 Å². The van der Waals surface area contributed by atoms with Crippen molar-refractivity contribution in [2.24, 2.45) is 5.92 Å². The second-order valence-electron chi connectivity index (χ2n) is 6.06. The number of amides is 3. The van der Waals surface area contributed by atoms with E-state index < -0.39 is 5.54 Å². The number of nitrogens with zero attached hydrogens (tertiary/aromatic N) is 3. The third-order valence-corrected chi connectivity index (χ3v) is 4.62. The molecular formula is C14H20N4O3. The van der Waals surface area contributed by atoms with E-state index in [4.69, 9.17) is 4.52 Å². The van der Waals surface area contributed by atoms with Crippen molar-refractivity contribution in [1.29, 1.82) is 0 Å². The molecule has 2 fully saturated rings. The summed E-state index contributed by atoms with van der Waals surface area (Å²) in [6.07, 6.45) is 3.50. The summed E-state index contributed by atoms with van der Waals surface area (Å²) in [5.41, 5.74) is 0.0913. The summed E-state index contributed by atoms with van der Waals surface area (Å²) in [4.78, 5) is 27.5. The first-order chi connectivity index (χ1) is 10.0. The molecule has 0 radical (unpaired) electrons. The van der Waals surface area contributed by atoms with E-state index in [9.17, 15) is 9.59 Å². The Morgan fingerprint density at radius 3 is 2.95 bits per heavy atom. The maximum atomic E-state index is 12.4. The van der Waals surface area contributed by atoms with Crippen molar-refractivity contribution in [3.05, 3.63) is 18.0 Å². The van der Waals surface area contributed by atoms with Crippen LogP contribution in [-0.4, -0.2) is 52.6 Å². The van der Waals surface area contributed by atoms with E-state index in [1.807, 2.05) is 13.0 Å². The molecule has 2 saturated heterocycles. The maximum absolute atomic E-state index is 12.4. The largest absolute Gasteiger partial charge is 0.364 e. The van der Waals surface area contributed by atoms with Crippen molar-refractivity contribution >= 4 is 11.9 Å². The minimum absolute atomic E-state index is 0.111. The zero-order valence-electron chi connectivity index (χ0n) is 12.3. The fraction of sp³-hybridized carbons (Fsp3) is 0.643. The van der Waals surface area contributed by atoms with E-state index in [0.29, 0.717) is 6.54 Å². The Kier molecular flexibility index (Phi) is 3.44. The van der Waals surface area contributed by atoms with Crippen molar-refractivity contribution in [1.82, 2.24) is 20.3 Å². The van der Waals surface area contributed by atoms with Crippen LogP contribution in [0.5, 0.6) is 0 Å². The van der Waals surface area contributed by atoms with Crippen LogP contribution < -0.4 is 5.32 Å². The van der Waals surface area contributed by atoms with Crippen molar-refractivity contribution in [2.45, 2.75) is 31.8 Å². The monoisotopic (exact) mass is 292 g/mol. The minimum Gasteiger partial charge on any atom is -0.364 e. The van der Waals surface area contributed by atoms with Crippen LogP contribution in [0.2, 0.25) is 0 Å². The molecule has 2 aliphatic heterocycles. The van der Waals surface area contributed by atoms with Crippen molar-refractivity contribution in [2.75, 3.05) is 20.1 Å². The number of hydrogen-bond donors (Lipinski definition) is 1. The molecule has 7 nitrogen and oxygen atoms in total. The van der Waals surface area contributed by atoms with E-state index >= 15 is 0 Å². The molecule has 7 heteroatoms. The Bertz CT molecular complexity index is 544. The van der Waals surface area contributed by atoms with Crippen LogP contribution in [0.15, 0.2) is 16.9 Å². The molecule has 0 saturated carbocycles. The molecule has 114 valence electrons. The van der Waals surface area contributed by atoms with Gasteiger partial charge in [-0.1, -0.05) is 5.16 Å². The quantitative estimate of drug-likeness (QED) is 0.835. The summed E-state index contributed by atoms with van der Waals surface area (Å²) >= 11 is 0. The standard InChI is InChI=1S/C14H20N4O3/c1-14(12(19)17(2)13(20)15-14)10-4-3-6-18(8-10)9-11-5-7-21-16-11/h5,7,10H,3-4,6,8-9H2,1-2H3,(H,15,20)/t10-,14-/m1/s1. The molecular weight excluding hydrogens is 272 g/mol. The second-order valence-corrected chi connectivity index (χ2v) is 6.06. The third-order valence-electron chi connectivity index (χ3n) is 4.62. The van der Waals surface area contributed by atoms with Gasteiger partial charge in [0.1, 0.15) is 11.8 Å². The number of likely N-dealkylation sites (tertiary alicyclic amines) is 1. The van der Waals surface area contributed by atoms with Gasteiger partial charge in [-0.2, -0.15) is 0 Å². The Morgan fingerprint density at radius 2 is 2.33 bits per heavy atom. The summed E-state index contributed by atoms with van der Waals surface area (Å²) in [5.74, 6) is -0.0275. The van der Waals surface area contributed by atoms with Crippen molar-refractivity contribution in [3.63, 3.8) is 0 Å². The third kappa shape index (κ3) is 2.42. The number of urea groups is 1. The Morgan fingerprint density at radius 1 is 1.52 bits per heavy atom. The summed E-state index contributed by atoms with van der Waals surface area (Å²) in [6.45, 7) is 4.28. The maximum Gasteiger partial charge on any atom is 0.324 e. The molecule has 0 bridgehead atoms. The van der Waals surface area contributed by atoms with Crippen LogP contribution >= 0.6 is 0 Å². The predicted octanol–water partition coefficient (Wildman–Crippen LogP) is 0.827. The van der Waals surface area contributed by atoms with Crippen LogP contribution in [0.1, 0.15) is 25.5 Å². The molecule has 3 amide bonds. The van der Waals surface area contributed by atoms with Gasteiger partial charge >= 0.3 is 6.03 Å². The van der Waals surface area contributed by atoms with Gasteiger partial charge in [0, 0.05) is 32.1 Å². The Balaban J connectivity index is 1.71. The molecule has 0 aromatic carbocycles. The molecule has 21 heavy (non-hydrogen) atoms. The lowest BCUT2D eigenvalue weighted by Gasteiger charge is -2.39. The predicted molar refractivity (Wildman–Crippen MR) is 74.2 cm³/mol. The number of hydrogen-bond acceptors (Lipinski definition) is 5. The van der Waals surface area contributed by atoms with E-state index in [0.717, 1.165) is 31.6 Å². The van der Waals surface area contributed by atoms with Crippen LogP contribution in [0.4, 0.5) is 4.79 Å². The number of nitrogens with one attached hydrogen (secondary N) is 1. The van der Waals surface area contributed by atoms with Gasteiger partial charge < -0.3 is 9.84 Å². The van der Waals surface area contributed by atoms with Gasteiger partial charge in [0.15, 0.2) is 0 Å². The molecule has 0 unspecified atom stereocenters. The number of rotatable bonds is 3. The van der Waals surface area contributed by atoms with Gasteiger partial charge in [-0.25, -0.2) is 4.79 Å². The van der Waals surface area contributed by atoms with Crippen molar-refractivity contribution < 1.29 is 14.1 Å². The normalized spacial score (nSPS) is 30.8. The first-order valence-corrected chi connectivity index (χ1v) is 7.22. The lowest BCUT2D eigenvalue weighted by atomic mass is 9.80. The lowest BCUT2D eigenvalue weighted by Crippen LogP contribution is -2.55. The summed E-state index contributed by atoms with van der Waals surface area (Å²) in [5, 5.41) is 6.78. The van der Waals surface area contributed by atoms with E-state index in [2.05, 4.69) is 15.4 Å². The molecule has 1 N–H and O–H groups in total. The van der Waals surface area contributed by atoms with E-state index in [1.54, 1.807) is 6.26 Å². The highest BCUT2D eigenvalue weighted by atomic mass is 16.5. The molecule has 1 aromatic heterocycles. The average Bonchev–Trinajstić information content (AvgIpc) is 3.04. The molecule has 2 atom stereocenters. The highest BCUT2D eigenvalue weighted by Crippen LogP contribution is 2.32. The summed E-state index contributed by atoms with van der Waals surface area (Å²) in [7, 11) is 1.53. The number of carbonyl (C=O) groups is 2. The van der Waals surface area contributed by atoms with Gasteiger partial charge in [-0.05, 0) is 26.3 Å². The topological polar surface area (TPSA) is 78.7 Å². The molecule has 2 aliphatic rings. The summed E-state index contributed by atoms with van der Waals surface area (Å²) < 4.78 is 4.85. The average molecular weight is 292 g/mol. The lowest BCUT2D eigenvalue weighted by molar-refractivity contribution is -0.132. The van der Waals surface area contributed by atoms with Gasteiger partial charge in [0.25, 0.3) is 5.91 Å². The molecule has 3 heterocycles. The fourth-order valence-corrected chi connectivity index (χ4v) is 3.30. The molecule has 0 aliphatic carbocycles. The minimum atomic E-state index is -0.797. The van der Waals surface area contributed by atoms with Gasteiger partial charge in [-0.15, -0.1) is 0 Å². The fourth-order valence-electron chi connectivity index (χ4n) is 3.30. The van der Waals surface area contributed by atoms with E-state index in [1.165, 1.54) is 11.9 Å². The molecule has 1 aromatic rings. The SMILES string of the molecule is CN1C(=O)N[C@](C)([C@@H]2CCCN(Cc3ccon3)C2)C1=O. The number of piperidine rings is 1. The number of carbonyl (C=O) groups excluding carboxylic acids is 2. The molecule has 3 rings (SSSR count). The smallest absolute Gasteiger partial charge is 0.324 e. The van der Waals surface area contributed by atoms with Crippen LogP contribution in [0, 0.1) is 5.92 Å². The Labute approximate surface area is 123 Å². The van der Waals surface area contributed by atoms with Gasteiger partial charge in [-0.3, -0.25) is 14.6 Å². The van der Waals surface area contributed by atoms with Crippen LogP contribution in [0.25, 0.3) is 0 Å². The molecule has 0 spiro atoms. The highest BCUT2D eigenvalue weighted by Gasteiger charge is 2.51. The second kappa shape index (κ2) is 5.14. The highest BCUT2D eigenvalue weighted by molar-refractivity contribution is 6.06. The first-order valence-electron chi connectivity index (χ1n) is 7.22. The van der Waals surface area contributed by atoms with Crippen LogP contribution in [0.3, 0.4) is 0 Å². The number of aromatic nitrogens is 1.